The quantitative estimate of drug-likeness (QED) is 0.366. The molecule has 0 fully saturated rings. The van der Waals surface area contributed by atoms with Crippen LogP contribution in [0, 0.1) is 0 Å². The molecule has 1 unspecified atom stereocenters. The van der Waals surface area contributed by atoms with Gasteiger partial charge in [-0.1, -0.05) is 60.7 Å². The van der Waals surface area contributed by atoms with Crippen molar-refractivity contribution in [3.63, 3.8) is 0 Å². The van der Waals surface area contributed by atoms with E-state index in [0.29, 0.717) is 12.1 Å². The molecular weight excluding hydrogens is 432 g/mol. The number of aromatic nitrogens is 3. The van der Waals surface area contributed by atoms with Crippen molar-refractivity contribution in [3.8, 4) is 5.75 Å². The van der Waals surface area contributed by atoms with Crippen molar-refractivity contribution in [1.82, 2.24) is 15.0 Å². The van der Waals surface area contributed by atoms with Crippen molar-refractivity contribution in [2.45, 2.75) is 12.5 Å². The molecular formula is C26H22N4O4. The van der Waals surface area contributed by atoms with E-state index < -0.39 is 23.1 Å². The molecule has 4 N–H and O–H groups in total. The molecule has 0 saturated carbocycles. The van der Waals surface area contributed by atoms with E-state index in [-0.39, 0.29) is 16.4 Å². The number of hydrogen-bond acceptors (Lipinski definition) is 6. The van der Waals surface area contributed by atoms with Gasteiger partial charge >= 0.3 is 5.97 Å². The number of esters is 1. The first-order valence-electron chi connectivity index (χ1n) is 10.6. The number of ether oxygens (including phenoxy) is 1. The highest BCUT2D eigenvalue weighted by atomic mass is 16.5. The number of rotatable bonds is 6. The molecule has 0 aliphatic carbocycles. The summed E-state index contributed by atoms with van der Waals surface area (Å²) in [5.74, 6) is -0.353. The summed E-state index contributed by atoms with van der Waals surface area (Å²) < 4.78 is 5.30. The first-order valence-corrected chi connectivity index (χ1v) is 10.6. The predicted octanol–water partition coefficient (Wildman–Crippen LogP) is 0.591. The number of pyridine rings is 1. The van der Waals surface area contributed by atoms with Crippen LogP contribution in [-0.2, 0) is 11.2 Å². The number of carbonyl (C=O) groups excluding carboxylic acids is 1. The molecule has 170 valence electrons. The topological polar surface area (TPSA) is 131 Å². The maximum Gasteiger partial charge on any atom is 0.328 e. The van der Waals surface area contributed by atoms with Gasteiger partial charge in [-0.15, -0.1) is 0 Å². The number of nitrogens with two attached hydrogens (primary N) is 1. The summed E-state index contributed by atoms with van der Waals surface area (Å²) in [5, 5.41) is 0.202. The second-order valence-corrected chi connectivity index (χ2v) is 7.57. The van der Waals surface area contributed by atoms with Crippen molar-refractivity contribution in [3.05, 3.63) is 127 Å². The van der Waals surface area contributed by atoms with Crippen LogP contribution in [-0.4, -0.2) is 27.0 Å². The van der Waals surface area contributed by atoms with Crippen molar-refractivity contribution in [2.24, 2.45) is 5.73 Å². The van der Waals surface area contributed by atoms with Crippen molar-refractivity contribution in [2.75, 3.05) is 0 Å². The van der Waals surface area contributed by atoms with Crippen LogP contribution in [0.5, 0.6) is 5.75 Å². The molecule has 0 aliphatic heterocycles. The van der Waals surface area contributed by atoms with E-state index in [0.717, 1.165) is 11.1 Å². The molecule has 2 aromatic carbocycles. The third-order valence-corrected chi connectivity index (χ3v) is 4.97. The summed E-state index contributed by atoms with van der Waals surface area (Å²) in [4.78, 5) is 46.4. The normalized spacial score (nSPS) is 13.0. The maximum atomic E-state index is 12.4. The molecule has 0 amide bonds. The monoisotopic (exact) mass is 454 g/mol. The van der Waals surface area contributed by atoms with Crippen molar-refractivity contribution < 1.29 is 9.53 Å². The van der Waals surface area contributed by atoms with E-state index in [2.05, 4.69) is 15.0 Å². The van der Waals surface area contributed by atoms with E-state index >= 15 is 0 Å². The lowest BCUT2D eigenvalue weighted by atomic mass is 10.1. The molecule has 8 heteroatoms. The second-order valence-electron chi connectivity index (χ2n) is 7.57. The maximum absolute atomic E-state index is 12.4. The lowest BCUT2D eigenvalue weighted by molar-refractivity contribution is -0.135. The molecule has 0 radical (unpaired) electrons. The summed E-state index contributed by atoms with van der Waals surface area (Å²) in [6.07, 6.45) is 4.72. The molecule has 0 saturated heterocycles. The molecule has 0 bridgehead atoms. The molecule has 0 aliphatic rings. The standard InChI is InChI=1S/C26H22N4O4/c27-21(13-17-7-3-1-4-8-17)26(33)34-20-12-11-19(28-16-20)15-23-25(32)29-22(24(31)30-23)14-18-9-5-2-6-10-18/h1-12,14-16,21H,13,27H2,(H,29,32)(H,30,31)/b22-14-,23-15-. The molecule has 4 aromatic rings. The summed E-state index contributed by atoms with van der Waals surface area (Å²) in [6.45, 7) is 0. The van der Waals surface area contributed by atoms with E-state index in [1.54, 1.807) is 12.1 Å². The third kappa shape index (κ3) is 5.81. The average molecular weight is 454 g/mol. The number of carbonyl (C=O) groups is 1. The fraction of sp³-hybridized carbons (Fsp3) is 0.0769. The number of benzene rings is 2. The van der Waals surface area contributed by atoms with E-state index in [9.17, 15) is 14.4 Å². The van der Waals surface area contributed by atoms with E-state index in [4.69, 9.17) is 10.5 Å². The smallest absolute Gasteiger partial charge is 0.328 e. The molecule has 4 rings (SSSR count). The third-order valence-electron chi connectivity index (χ3n) is 4.97. The minimum absolute atomic E-state index is 0.0531. The van der Waals surface area contributed by atoms with Crippen LogP contribution >= 0.6 is 0 Å². The van der Waals surface area contributed by atoms with E-state index in [1.807, 2.05) is 60.7 Å². The minimum Gasteiger partial charge on any atom is -0.424 e. The van der Waals surface area contributed by atoms with Gasteiger partial charge in [-0.3, -0.25) is 14.6 Å². The highest BCUT2D eigenvalue weighted by Gasteiger charge is 2.16. The SMILES string of the molecule is NC(Cc1ccccc1)C(=O)Oc1ccc(/C=c2\[nH]c(=O)/c(=C/c3ccccc3)[nH]c2=O)nc1. The van der Waals surface area contributed by atoms with Gasteiger partial charge in [-0.05, 0) is 41.8 Å². The van der Waals surface area contributed by atoms with Crippen LogP contribution in [0.4, 0.5) is 0 Å². The number of aromatic amines is 2. The zero-order valence-corrected chi connectivity index (χ0v) is 18.1. The summed E-state index contributed by atoms with van der Waals surface area (Å²) in [5.41, 5.74) is 7.16. The second kappa shape index (κ2) is 10.4. The summed E-state index contributed by atoms with van der Waals surface area (Å²) >= 11 is 0. The number of H-pyrrole nitrogens is 2. The zero-order chi connectivity index (χ0) is 23.9. The van der Waals surface area contributed by atoms with Gasteiger partial charge in [-0.25, -0.2) is 4.79 Å². The van der Waals surface area contributed by atoms with Gasteiger partial charge in [0, 0.05) is 0 Å². The highest BCUT2D eigenvalue weighted by molar-refractivity contribution is 5.78. The van der Waals surface area contributed by atoms with E-state index in [1.165, 1.54) is 18.3 Å². The fourth-order valence-corrected chi connectivity index (χ4v) is 3.24. The Labute approximate surface area is 194 Å². The van der Waals surface area contributed by atoms with Crippen LogP contribution in [0.2, 0.25) is 0 Å². The van der Waals surface area contributed by atoms with Gasteiger partial charge in [0.2, 0.25) is 0 Å². The molecule has 2 heterocycles. The van der Waals surface area contributed by atoms with Crippen LogP contribution in [0.3, 0.4) is 0 Å². The summed E-state index contributed by atoms with van der Waals surface area (Å²) in [7, 11) is 0. The number of nitrogens with zero attached hydrogens (tertiary/aromatic N) is 1. The minimum atomic E-state index is -0.816. The lowest BCUT2D eigenvalue weighted by Gasteiger charge is -2.11. The predicted molar refractivity (Wildman–Crippen MR) is 129 cm³/mol. The Balaban J connectivity index is 1.49. The largest absolute Gasteiger partial charge is 0.424 e. The van der Waals surface area contributed by atoms with Gasteiger partial charge < -0.3 is 20.4 Å². The van der Waals surface area contributed by atoms with Crippen LogP contribution in [0.15, 0.2) is 88.6 Å². The molecule has 34 heavy (non-hydrogen) atoms. The Hall–Kier alpha value is -4.56. The fourth-order valence-electron chi connectivity index (χ4n) is 3.24. The van der Waals surface area contributed by atoms with Crippen LogP contribution < -0.4 is 32.3 Å². The number of nitrogens with one attached hydrogen (secondary N) is 2. The van der Waals surface area contributed by atoms with Crippen LogP contribution in [0.25, 0.3) is 12.2 Å². The Morgan fingerprint density at radius 1 is 0.882 bits per heavy atom. The molecule has 1 atom stereocenters. The van der Waals surface area contributed by atoms with Gasteiger partial charge in [0.1, 0.15) is 22.5 Å². The van der Waals surface area contributed by atoms with Gasteiger partial charge in [0.15, 0.2) is 0 Å². The van der Waals surface area contributed by atoms with Gasteiger partial charge in [-0.2, -0.15) is 0 Å². The Morgan fingerprint density at radius 2 is 1.50 bits per heavy atom. The number of hydrogen-bond donors (Lipinski definition) is 3. The van der Waals surface area contributed by atoms with Crippen LogP contribution in [0.1, 0.15) is 16.8 Å². The first kappa shape index (κ1) is 22.6. The summed E-state index contributed by atoms with van der Waals surface area (Å²) in [6, 6.07) is 20.9. The van der Waals surface area contributed by atoms with Crippen molar-refractivity contribution in [1.29, 1.82) is 0 Å². The Kier molecular flexibility index (Phi) is 6.90. The Bertz CT molecular complexity index is 1510. The van der Waals surface area contributed by atoms with Crippen molar-refractivity contribution >= 4 is 18.1 Å². The van der Waals surface area contributed by atoms with Gasteiger partial charge in [0.05, 0.1) is 11.9 Å². The first-order chi connectivity index (χ1) is 16.5. The molecule has 0 spiro atoms. The lowest BCUT2D eigenvalue weighted by Crippen LogP contribution is -2.46. The molecule has 2 aromatic heterocycles. The van der Waals surface area contributed by atoms with Gasteiger partial charge in [0.25, 0.3) is 11.1 Å². The Morgan fingerprint density at radius 3 is 2.12 bits per heavy atom. The molecule has 8 nitrogen and oxygen atoms in total. The average Bonchev–Trinajstić information content (AvgIpc) is 2.84. The zero-order valence-electron chi connectivity index (χ0n) is 18.1. The highest BCUT2D eigenvalue weighted by Crippen LogP contribution is 2.11.